The molecule has 0 amide bonds. The van der Waals surface area contributed by atoms with Crippen molar-refractivity contribution in [1.82, 2.24) is 9.80 Å². The summed E-state index contributed by atoms with van der Waals surface area (Å²) in [7, 11) is 0. The SMILES string of the molecule is C.CCN(CC)Cc1cc(N)cc(CN(CC)CC)c1O. The van der Waals surface area contributed by atoms with Crippen molar-refractivity contribution in [2.45, 2.75) is 48.2 Å². The van der Waals surface area contributed by atoms with Gasteiger partial charge >= 0.3 is 0 Å². The first-order valence-corrected chi connectivity index (χ1v) is 7.60. The second kappa shape index (κ2) is 9.64. The van der Waals surface area contributed by atoms with Crippen molar-refractivity contribution >= 4 is 5.69 Å². The van der Waals surface area contributed by atoms with Gasteiger partial charge in [-0.3, -0.25) is 9.80 Å². The summed E-state index contributed by atoms with van der Waals surface area (Å²) in [5.74, 6) is 0.401. The highest BCUT2D eigenvalue weighted by molar-refractivity contribution is 5.52. The second-order valence-corrected chi connectivity index (χ2v) is 5.11. The van der Waals surface area contributed by atoms with Gasteiger partial charge < -0.3 is 10.8 Å². The lowest BCUT2D eigenvalue weighted by atomic mass is 10.1. The molecule has 0 saturated carbocycles. The quantitative estimate of drug-likeness (QED) is 0.571. The smallest absolute Gasteiger partial charge is 0.124 e. The molecule has 0 fully saturated rings. The van der Waals surface area contributed by atoms with E-state index in [0.717, 1.165) is 56.1 Å². The predicted molar refractivity (Wildman–Crippen MR) is 92.5 cm³/mol. The number of nitrogen functional groups attached to an aromatic ring is 1. The first kappa shape index (κ1) is 19.7. The van der Waals surface area contributed by atoms with E-state index in [0.29, 0.717) is 5.75 Å². The standard InChI is InChI=1S/C16H29N3O.CH4/c1-5-18(6-2)11-13-9-15(17)10-14(16(13)20)12-19(7-3)8-4;/h9-10,20H,5-8,11-12,17H2,1-4H3;1H4. The Balaban J connectivity index is 0.00000400. The van der Waals surface area contributed by atoms with Gasteiger partial charge in [-0.25, -0.2) is 0 Å². The lowest BCUT2D eigenvalue weighted by Crippen LogP contribution is -2.24. The summed E-state index contributed by atoms with van der Waals surface area (Å²) in [6.45, 7) is 13.9. The normalized spacial score (nSPS) is 11.0. The number of phenols is 1. The summed E-state index contributed by atoms with van der Waals surface area (Å²) >= 11 is 0. The van der Waals surface area contributed by atoms with Gasteiger partial charge in [0.15, 0.2) is 0 Å². The minimum Gasteiger partial charge on any atom is -0.507 e. The van der Waals surface area contributed by atoms with Crippen LogP contribution in [0.5, 0.6) is 5.75 Å². The van der Waals surface area contributed by atoms with Crippen LogP contribution < -0.4 is 5.73 Å². The van der Waals surface area contributed by atoms with Crippen LogP contribution in [-0.4, -0.2) is 41.1 Å². The molecule has 0 saturated heterocycles. The molecule has 0 atom stereocenters. The molecular weight excluding hydrogens is 262 g/mol. The van der Waals surface area contributed by atoms with E-state index in [-0.39, 0.29) is 7.43 Å². The average Bonchev–Trinajstić information content (AvgIpc) is 2.46. The van der Waals surface area contributed by atoms with Crippen LogP contribution in [0.25, 0.3) is 0 Å². The van der Waals surface area contributed by atoms with Crippen LogP contribution in [0.4, 0.5) is 5.69 Å². The maximum atomic E-state index is 10.5. The molecule has 0 heterocycles. The van der Waals surface area contributed by atoms with Crippen molar-refractivity contribution < 1.29 is 5.11 Å². The maximum Gasteiger partial charge on any atom is 0.124 e. The van der Waals surface area contributed by atoms with Gasteiger partial charge in [0.25, 0.3) is 0 Å². The Hall–Kier alpha value is -1.26. The molecule has 0 bridgehead atoms. The Bertz CT molecular complexity index is 377. The molecule has 0 aromatic heterocycles. The number of aromatic hydroxyl groups is 1. The Morgan fingerprint density at radius 3 is 1.48 bits per heavy atom. The van der Waals surface area contributed by atoms with Crippen LogP contribution in [0.3, 0.4) is 0 Å². The highest BCUT2D eigenvalue weighted by Crippen LogP contribution is 2.28. The topological polar surface area (TPSA) is 52.7 Å². The van der Waals surface area contributed by atoms with Gasteiger partial charge in [0.1, 0.15) is 5.75 Å². The zero-order chi connectivity index (χ0) is 15.1. The third kappa shape index (κ3) is 5.56. The summed E-state index contributed by atoms with van der Waals surface area (Å²) in [6, 6.07) is 3.78. The largest absolute Gasteiger partial charge is 0.507 e. The van der Waals surface area contributed by atoms with E-state index in [4.69, 9.17) is 5.73 Å². The van der Waals surface area contributed by atoms with E-state index in [2.05, 4.69) is 37.5 Å². The van der Waals surface area contributed by atoms with Crippen molar-refractivity contribution in [3.8, 4) is 5.75 Å². The van der Waals surface area contributed by atoms with Gasteiger partial charge in [0, 0.05) is 29.9 Å². The van der Waals surface area contributed by atoms with E-state index in [1.165, 1.54) is 0 Å². The first-order valence-electron chi connectivity index (χ1n) is 7.60. The molecule has 21 heavy (non-hydrogen) atoms. The minimum absolute atomic E-state index is 0. The van der Waals surface area contributed by atoms with Crippen LogP contribution in [-0.2, 0) is 13.1 Å². The average molecular weight is 295 g/mol. The van der Waals surface area contributed by atoms with Crippen molar-refractivity contribution in [2.24, 2.45) is 0 Å². The molecule has 0 aliphatic heterocycles. The van der Waals surface area contributed by atoms with Gasteiger partial charge in [-0.2, -0.15) is 0 Å². The Kier molecular flexibility index (Phi) is 9.06. The van der Waals surface area contributed by atoms with Crippen LogP contribution in [0, 0.1) is 0 Å². The third-order valence-electron chi connectivity index (χ3n) is 3.87. The third-order valence-corrected chi connectivity index (χ3v) is 3.87. The van der Waals surface area contributed by atoms with Gasteiger partial charge in [-0.05, 0) is 38.3 Å². The number of nitrogens with zero attached hydrogens (tertiary/aromatic N) is 2. The van der Waals surface area contributed by atoms with E-state index >= 15 is 0 Å². The van der Waals surface area contributed by atoms with Crippen molar-refractivity contribution in [3.63, 3.8) is 0 Å². The number of hydrogen-bond donors (Lipinski definition) is 2. The minimum atomic E-state index is 0. The number of rotatable bonds is 8. The fraction of sp³-hybridized carbons (Fsp3) is 0.647. The summed E-state index contributed by atoms with van der Waals surface area (Å²) < 4.78 is 0. The molecule has 0 aliphatic carbocycles. The van der Waals surface area contributed by atoms with Crippen LogP contribution in [0.15, 0.2) is 12.1 Å². The number of anilines is 1. The highest BCUT2D eigenvalue weighted by Gasteiger charge is 2.13. The summed E-state index contributed by atoms with van der Waals surface area (Å²) in [6.07, 6.45) is 0. The van der Waals surface area contributed by atoms with Crippen LogP contribution in [0.1, 0.15) is 46.2 Å². The van der Waals surface area contributed by atoms with Gasteiger partial charge in [0.2, 0.25) is 0 Å². The molecule has 3 N–H and O–H groups in total. The fourth-order valence-electron chi connectivity index (χ4n) is 2.40. The summed E-state index contributed by atoms with van der Waals surface area (Å²) in [5.41, 5.74) is 8.58. The number of nitrogens with two attached hydrogens (primary N) is 1. The molecule has 1 rings (SSSR count). The zero-order valence-corrected chi connectivity index (χ0v) is 13.3. The lowest BCUT2D eigenvalue weighted by molar-refractivity contribution is 0.281. The maximum absolute atomic E-state index is 10.5. The van der Waals surface area contributed by atoms with Crippen molar-refractivity contribution in [1.29, 1.82) is 0 Å². The molecule has 1 aromatic rings. The second-order valence-electron chi connectivity index (χ2n) is 5.11. The first-order chi connectivity index (χ1) is 9.55. The molecule has 4 heteroatoms. The summed E-state index contributed by atoms with van der Waals surface area (Å²) in [5, 5.41) is 10.5. The van der Waals surface area contributed by atoms with E-state index in [9.17, 15) is 5.11 Å². The van der Waals surface area contributed by atoms with Crippen LogP contribution in [0.2, 0.25) is 0 Å². The van der Waals surface area contributed by atoms with E-state index < -0.39 is 0 Å². The zero-order valence-electron chi connectivity index (χ0n) is 13.3. The molecule has 0 aliphatic rings. The molecule has 0 unspecified atom stereocenters. The van der Waals surface area contributed by atoms with Gasteiger partial charge in [-0.15, -0.1) is 0 Å². The number of benzene rings is 1. The van der Waals surface area contributed by atoms with E-state index in [1.54, 1.807) is 0 Å². The Morgan fingerprint density at radius 1 is 0.857 bits per heavy atom. The molecular formula is C17H33N3O. The molecule has 1 aromatic carbocycles. The van der Waals surface area contributed by atoms with Gasteiger partial charge in [0.05, 0.1) is 0 Å². The monoisotopic (exact) mass is 295 g/mol. The number of phenolic OH excluding ortho intramolecular Hbond substituents is 1. The van der Waals surface area contributed by atoms with Gasteiger partial charge in [-0.1, -0.05) is 35.1 Å². The molecule has 4 nitrogen and oxygen atoms in total. The van der Waals surface area contributed by atoms with Crippen molar-refractivity contribution in [2.75, 3.05) is 31.9 Å². The van der Waals surface area contributed by atoms with E-state index in [1.807, 2.05) is 12.1 Å². The van der Waals surface area contributed by atoms with Crippen LogP contribution >= 0.6 is 0 Å². The molecule has 122 valence electrons. The number of hydrogen-bond acceptors (Lipinski definition) is 4. The fourth-order valence-corrected chi connectivity index (χ4v) is 2.40. The molecule has 0 radical (unpaired) electrons. The lowest BCUT2D eigenvalue weighted by Gasteiger charge is -2.22. The highest BCUT2D eigenvalue weighted by atomic mass is 16.3. The Labute approximate surface area is 130 Å². The van der Waals surface area contributed by atoms with Crippen molar-refractivity contribution in [3.05, 3.63) is 23.3 Å². The summed E-state index contributed by atoms with van der Waals surface area (Å²) in [4.78, 5) is 4.55. The molecule has 0 spiro atoms. The Morgan fingerprint density at radius 2 is 1.19 bits per heavy atom. The predicted octanol–water partition coefficient (Wildman–Crippen LogP) is 3.29.